The highest BCUT2D eigenvalue weighted by molar-refractivity contribution is 7.90. The van der Waals surface area contributed by atoms with Crippen molar-refractivity contribution < 1.29 is 17.9 Å². The van der Waals surface area contributed by atoms with Crippen LogP contribution in [0.3, 0.4) is 0 Å². The minimum atomic E-state index is -4.22. The smallest absolute Gasteiger partial charge is 0.281 e. The number of hydrogen-bond acceptors (Lipinski definition) is 9. The van der Waals surface area contributed by atoms with Crippen molar-refractivity contribution in [3.05, 3.63) is 48.2 Å². The Hall–Kier alpha value is -3.67. The second-order valence-electron chi connectivity index (χ2n) is 14.0. The van der Waals surface area contributed by atoms with Gasteiger partial charge in [0.25, 0.3) is 15.9 Å². The van der Waals surface area contributed by atoms with E-state index in [2.05, 4.69) is 38.9 Å². The van der Waals surface area contributed by atoms with Gasteiger partial charge in [0.2, 0.25) is 5.88 Å². The van der Waals surface area contributed by atoms with Gasteiger partial charge >= 0.3 is 0 Å². The van der Waals surface area contributed by atoms with E-state index in [9.17, 15) is 13.2 Å². The van der Waals surface area contributed by atoms with E-state index < -0.39 is 15.9 Å². The molecular formula is C33H43N7O4S. The van der Waals surface area contributed by atoms with E-state index in [1.807, 2.05) is 12.3 Å². The number of nitrogens with one attached hydrogen (secondary N) is 2. The summed E-state index contributed by atoms with van der Waals surface area (Å²) in [4.78, 5) is 25.0. The van der Waals surface area contributed by atoms with Crippen molar-refractivity contribution >= 4 is 27.6 Å². The van der Waals surface area contributed by atoms with Gasteiger partial charge in [-0.2, -0.15) is 8.42 Å². The van der Waals surface area contributed by atoms with Gasteiger partial charge in [0.05, 0.1) is 12.2 Å². The highest BCUT2D eigenvalue weighted by Crippen LogP contribution is 2.93. The molecule has 1 atom stereocenters. The van der Waals surface area contributed by atoms with E-state index in [0.717, 1.165) is 31.6 Å². The van der Waals surface area contributed by atoms with Crippen LogP contribution in [0.1, 0.15) is 83.0 Å². The number of pyridine rings is 2. The lowest BCUT2D eigenvalue weighted by molar-refractivity contribution is 0.0981. The summed E-state index contributed by atoms with van der Waals surface area (Å²) in [5.74, 6) is 2.44. The number of ether oxygens (including phenoxy) is 1. The molecule has 2 N–H and O–H groups in total. The molecule has 12 heteroatoms. The van der Waals surface area contributed by atoms with Crippen molar-refractivity contribution in [2.75, 3.05) is 29.9 Å². The van der Waals surface area contributed by atoms with Crippen LogP contribution in [0.2, 0.25) is 0 Å². The van der Waals surface area contributed by atoms with Gasteiger partial charge in [0.1, 0.15) is 11.6 Å². The molecular weight excluding hydrogens is 590 g/mol. The van der Waals surface area contributed by atoms with E-state index >= 15 is 0 Å². The standard InChI is InChI=1S/C32H39N7O4S.CH4/c1-30(2)19-21-5-4-16-33-24-6-3-7-27(34-24)44(41,42)37-29(40)22-8-9-25(35-28(22)38(30)20-21)39-17-10-26(36-39)43-18-11-23-31(12-13-31)32(23)14-15-32;/h3,6-10,17,21,23H,4-5,11-16,18-20H2,1-2H3,(H,33,34)(H,37,40);1H4/t21-;/m0./s1. The van der Waals surface area contributed by atoms with E-state index in [4.69, 9.17) is 9.72 Å². The van der Waals surface area contributed by atoms with Gasteiger partial charge < -0.3 is 15.0 Å². The molecule has 4 bridgehead atoms. The molecule has 3 aromatic heterocycles. The number of anilines is 2. The molecule has 240 valence electrons. The first-order valence-electron chi connectivity index (χ1n) is 15.9. The van der Waals surface area contributed by atoms with Crippen molar-refractivity contribution in [1.29, 1.82) is 0 Å². The molecule has 0 aromatic carbocycles. The lowest BCUT2D eigenvalue weighted by Gasteiger charge is -2.34. The van der Waals surface area contributed by atoms with Crippen molar-refractivity contribution in [3.63, 3.8) is 0 Å². The van der Waals surface area contributed by atoms with E-state index in [-0.39, 0.29) is 23.6 Å². The van der Waals surface area contributed by atoms with Crippen LogP contribution in [0.5, 0.6) is 5.88 Å². The first-order chi connectivity index (χ1) is 21.1. The van der Waals surface area contributed by atoms with Gasteiger partial charge in [0, 0.05) is 30.9 Å². The number of amides is 1. The summed E-state index contributed by atoms with van der Waals surface area (Å²) in [5.41, 5.74) is 1.23. The maximum atomic E-state index is 13.6. The molecule has 1 saturated heterocycles. The fourth-order valence-corrected chi connectivity index (χ4v) is 9.48. The van der Waals surface area contributed by atoms with Crippen LogP contribution < -0.4 is 19.7 Å². The number of aromatic nitrogens is 4. The Kier molecular flexibility index (Phi) is 6.96. The van der Waals surface area contributed by atoms with Gasteiger partial charge in [-0.3, -0.25) is 4.79 Å². The van der Waals surface area contributed by atoms with Gasteiger partial charge in [-0.1, -0.05) is 13.5 Å². The summed E-state index contributed by atoms with van der Waals surface area (Å²) in [7, 11) is -4.22. The normalized spacial score (nSPS) is 24.8. The first-order valence-corrected chi connectivity index (χ1v) is 17.3. The second kappa shape index (κ2) is 10.4. The Morgan fingerprint density at radius 1 is 1.04 bits per heavy atom. The van der Waals surface area contributed by atoms with Crippen LogP contribution in [-0.4, -0.2) is 59.3 Å². The molecule has 8 rings (SSSR count). The van der Waals surface area contributed by atoms with Crippen molar-refractivity contribution in [3.8, 4) is 11.7 Å². The summed E-state index contributed by atoms with van der Waals surface area (Å²) in [6.45, 7) is 6.33. The number of carbonyl (C=O) groups is 1. The predicted octanol–water partition coefficient (Wildman–Crippen LogP) is 5.19. The number of sulfonamides is 1. The number of carbonyl (C=O) groups excluding carboxylic acids is 1. The molecule has 0 radical (unpaired) electrons. The molecule has 3 aromatic rings. The quantitative estimate of drug-likeness (QED) is 0.390. The highest BCUT2D eigenvalue weighted by Gasteiger charge is 2.85. The zero-order chi connectivity index (χ0) is 30.3. The van der Waals surface area contributed by atoms with E-state index in [1.165, 1.54) is 31.7 Å². The molecule has 11 nitrogen and oxygen atoms in total. The predicted molar refractivity (Wildman–Crippen MR) is 171 cm³/mol. The lowest BCUT2D eigenvalue weighted by Crippen LogP contribution is -2.41. The Morgan fingerprint density at radius 3 is 2.58 bits per heavy atom. The van der Waals surface area contributed by atoms with Gasteiger partial charge in [0.15, 0.2) is 10.8 Å². The average Bonchev–Trinajstić information content (AvgIpc) is 3.94. The Balaban J connectivity index is 0.00000325. The monoisotopic (exact) mass is 633 g/mol. The Morgan fingerprint density at radius 2 is 1.82 bits per heavy atom. The second-order valence-corrected chi connectivity index (χ2v) is 15.6. The molecule has 4 fully saturated rings. The van der Waals surface area contributed by atoms with Crippen LogP contribution >= 0.6 is 0 Å². The molecule has 3 saturated carbocycles. The van der Waals surface area contributed by atoms with Crippen molar-refractivity contribution in [1.82, 2.24) is 24.5 Å². The number of fused-ring (bicyclic) bond motifs is 7. The van der Waals surface area contributed by atoms with Crippen molar-refractivity contribution in [2.45, 2.75) is 83.2 Å². The summed E-state index contributed by atoms with van der Waals surface area (Å²) < 4.78 is 36.4. The minimum Gasteiger partial charge on any atom is -0.477 e. The van der Waals surface area contributed by atoms with E-state index in [1.54, 1.807) is 28.9 Å². The summed E-state index contributed by atoms with van der Waals surface area (Å²) >= 11 is 0. The molecule has 0 unspecified atom stereocenters. The van der Waals surface area contributed by atoms with Gasteiger partial charge in [-0.05, 0) is 112 Å². The SMILES string of the molecule is C.CC1(C)C[C@@H]2CCCNc3cccc(n3)S(=O)(=O)NC(=O)c3ccc(-n4ccc(OCCC5C6(CC6)C56CC6)n4)nc3N1C2. The Bertz CT molecular complexity index is 1730. The van der Waals surface area contributed by atoms with Crippen LogP contribution in [0.15, 0.2) is 47.6 Å². The maximum Gasteiger partial charge on any atom is 0.281 e. The zero-order valence-corrected chi connectivity index (χ0v) is 26.1. The summed E-state index contributed by atoms with van der Waals surface area (Å²) in [5, 5.41) is 7.65. The molecule has 1 amide bonds. The molecule has 45 heavy (non-hydrogen) atoms. The average molecular weight is 634 g/mol. The fourth-order valence-electron chi connectivity index (χ4n) is 8.55. The minimum absolute atomic E-state index is 0. The summed E-state index contributed by atoms with van der Waals surface area (Å²) in [6, 6.07) is 9.89. The van der Waals surface area contributed by atoms with Crippen LogP contribution in [0, 0.1) is 22.7 Å². The third kappa shape index (κ3) is 5.05. The maximum absolute atomic E-state index is 13.6. The number of hydrogen-bond donors (Lipinski definition) is 2. The molecule has 5 aliphatic rings. The van der Waals surface area contributed by atoms with Gasteiger partial charge in [-0.15, -0.1) is 5.10 Å². The summed E-state index contributed by atoms with van der Waals surface area (Å²) in [6.07, 6.45) is 11.3. The molecule has 2 aliphatic heterocycles. The van der Waals surface area contributed by atoms with Crippen molar-refractivity contribution in [2.24, 2.45) is 22.7 Å². The Labute approximate surface area is 265 Å². The fraction of sp³-hybridized carbons (Fsp3) is 0.576. The topological polar surface area (TPSA) is 131 Å². The number of rotatable bonds is 5. The van der Waals surface area contributed by atoms with Crippen LogP contribution in [0.4, 0.5) is 11.6 Å². The first kappa shape index (κ1) is 30.0. The van der Waals surface area contributed by atoms with Gasteiger partial charge in [-0.25, -0.2) is 19.4 Å². The lowest BCUT2D eigenvalue weighted by atomic mass is 9.93. The molecule has 2 spiro atoms. The highest BCUT2D eigenvalue weighted by atomic mass is 32.2. The van der Waals surface area contributed by atoms with Crippen LogP contribution in [-0.2, 0) is 10.0 Å². The third-order valence-corrected chi connectivity index (χ3v) is 12.1. The molecule has 5 heterocycles. The molecule has 3 aliphatic carbocycles. The third-order valence-electron chi connectivity index (χ3n) is 10.9. The number of nitrogens with zero attached hydrogens (tertiary/aromatic N) is 5. The zero-order valence-electron chi connectivity index (χ0n) is 25.3. The largest absolute Gasteiger partial charge is 0.477 e. The van der Waals surface area contributed by atoms with Crippen LogP contribution in [0.25, 0.3) is 5.82 Å². The van der Waals surface area contributed by atoms with E-state index in [0.29, 0.717) is 59.8 Å².